The molecule has 0 bridgehead atoms. The minimum Gasteiger partial charge on any atom is -0.479 e. The van der Waals surface area contributed by atoms with Crippen LogP contribution in [0.15, 0.2) is 72.9 Å². The van der Waals surface area contributed by atoms with Crippen molar-refractivity contribution >= 4 is 23.9 Å². The maximum Gasteiger partial charge on any atom is 0.335 e. The summed E-state index contributed by atoms with van der Waals surface area (Å²) < 4.78 is 28.5. The Labute approximate surface area is 506 Å². The molecule has 83 heavy (non-hydrogen) atoms. The van der Waals surface area contributed by atoms with Gasteiger partial charge in [0.05, 0.1) is 6.61 Å². The predicted octanol–water partition coefficient (Wildman–Crippen LogP) is 18.5. The van der Waals surface area contributed by atoms with Crippen LogP contribution in [0.4, 0.5) is 0 Å². The fourth-order valence-corrected chi connectivity index (χ4v) is 10.1. The minimum atomic E-state index is -1.92. The summed E-state index contributed by atoms with van der Waals surface area (Å²) in [6, 6.07) is 0. The van der Waals surface area contributed by atoms with Crippen molar-refractivity contribution in [3.8, 4) is 0 Å². The summed E-state index contributed by atoms with van der Waals surface area (Å²) >= 11 is 0. The molecule has 6 unspecified atom stereocenters. The molecule has 0 spiro atoms. The van der Waals surface area contributed by atoms with Crippen LogP contribution in [0.3, 0.4) is 0 Å². The molecule has 1 aliphatic heterocycles. The lowest BCUT2D eigenvalue weighted by Crippen LogP contribution is -2.61. The van der Waals surface area contributed by atoms with Crippen molar-refractivity contribution in [3.63, 3.8) is 0 Å². The number of carboxylic acid groups (broad SMARTS) is 1. The van der Waals surface area contributed by atoms with E-state index in [-0.39, 0.29) is 25.9 Å². The van der Waals surface area contributed by atoms with Crippen LogP contribution in [0.25, 0.3) is 0 Å². The van der Waals surface area contributed by atoms with Crippen molar-refractivity contribution in [1.29, 1.82) is 0 Å². The summed E-state index contributed by atoms with van der Waals surface area (Å²) in [5.41, 5.74) is 0. The molecule has 1 rings (SSSR count). The molecule has 1 heterocycles. The van der Waals surface area contributed by atoms with Crippen LogP contribution >= 0.6 is 0 Å². The second kappa shape index (κ2) is 58.5. The highest BCUT2D eigenvalue weighted by Gasteiger charge is 2.50. The molecule has 1 saturated heterocycles. The summed E-state index contributed by atoms with van der Waals surface area (Å²) in [4.78, 5) is 51.4. The number of hydrogen-bond acceptors (Lipinski definition) is 11. The van der Waals surface area contributed by atoms with Crippen molar-refractivity contribution < 1.29 is 58.2 Å². The van der Waals surface area contributed by atoms with Crippen molar-refractivity contribution in [2.45, 2.75) is 340 Å². The number of carbonyl (C=O) groups is 4. The first kappa shape index (κ1) is 77.2. The topological polar surface area (TPSA) is 175 Å². The Bertz CT molecular complexity index is 1720. The van der Waals surface area contributed by atoms with Crippen molar-refractivity contribution in [2.24, 2.45) is 0 Å². The van der Waals surface area contributed by atoms with Crippen LogP contribution in [0, 0.1) is 0 Å². The van der Waals surface area contributed by atoms with Gasteiger partial charge in [-0.1, -0.05) is 273 Å². The Morgan fingerprint density at radius 3 is 1.20 bits per heavy atom. The highest BCUT2D eigenvalue weighted by molar-refractivity contribution is 5.74. The maximum atomic E-state index is 13.2. The molecule has 6 atom stereocenters. The van der Waals surface area contributed by atoms with E-state index >= 15 is 0 Å². The standard InChI is InChI=1S/C71H122O12/c1-4-7-10-13-16-19-22-25-28-31-32-35-36-39-42-45-48-51-54-57-63(72)79-60-62(81-64(73)58-55-52-49-46-43-40-37-33-29-26-23-20-17-14-11-8-5-2)61-80-71-69(67(76)66(75)68(83-71)70(77)78)82-65(74)59-56-53-50-47-44-41-38-34-30-27-24-21-18-15-12-9-6-3/h9,12,18,21,26-27,29-30,38,41,47,50,62,66-69,71,75-76H,4-8,10-11,13-17,19-20,22-25,28,31-37,39-40,42-46,48-49,51-61H2,1-3H3,(H,77,78)/b12-9-,21-18-,29-26-,30-27-,41-38-,50-47-. The highest BCUT2D eigenvalue weighted by atomic mass is 16.7. The third-order valence-electron chi connectivity index (χ3n) is 15.3. The first-order valence-electron chi connectivity index (χ1n) is 33.9. The Balaban J connectivity index is 2.67. The fourth-order valence-electron chi connectivity index (χ4n) is 10.1. The minimum absolute atomic E-state index is 0.0185. The summed E-state index contributed by atoms with van der Waals surface area (Å²) in [6.07, 6.45) is 63.0. The van der Waals surface area contributed by atoms with Gasteiger partial charge in [0.15, 0.2) is 24.6 Å². The van der Waals surface area contributed by atoms with Gasteiger partial charge in [-0.25, -0.2) is 4.79 Å². The van der Waals surface area contributed by atoms with E-state index in [4.69, 9.17) is 23.7 Å². The van der Waals surface area contributed by atoms with Crippen LogP contribution in [-0.2, 0) is 42.9 Å². The van der Waals surface area contributed by atoms with E-state index in [1.807, 2.05) is 12.2 Å². The Morgan fingerprint density at radius 2 is 0.771 bits per heavy atom. The predicted molar refractivity (Wildman–Crippen MR) is 340 cm³/mol. The molecule has 0 amide bonds. The number of aliphatic hydroxyl groups excluding tert-OH is 2. The Hall–Kier alpha value is -3.84. The van der Waals surface area contributed by atoms with Crippen molar-refractivity contribution in [2.75, 3.05) is 13.2 Å². The Morgan fingerprint density at radius 1 is 0.410 bits per heavy atom. The molecule has 0 aliphatic carbocycles. The molecular weight excluding hydrogens is 1040 g/mol. The van der Waals surface area contributed by atoms with Crippen LogP contribution in [0.2, 0.25) is 0 Å². The number of allylic oxidation sites excluding steroid dienone is 12. The lowest BCUT2D eigenvalue weighted by atomic mass is 9.98. The van der Waals surface area contributed by atoms with Gasteiger partial charge in [0.2, 0.25) is 0 Å². The van der Waals surface area contributed by atoms with E-state index in [0.717, 1.165) is 83.5 Å². The van der Waals surface area contributed by atoms with E-state index in [1.54, 1.807) is 0 Å². The Kier molecular flexibility index (Phi) is 54.4. The van der Waals surface area contributed by atoms with Gasteiger partial charge in [0.1, 0.15) is 18.8 Å². The number of carboxylic acids is 1. The fraction of sp³-hybridized carbons (Fsp3) is 0.775. The second-order valence-electron chi connectivity index (χ2n) is 23.1. The number of aliphatic hydroxyl groups is 2. The normalized spacial score (nSPS) is 18.0. The average molecular weight is 1170 g/mol. The molecule has 3 N–H and O–H groups in total. The quantitative estimate of drug-likeness (QED) is 0.0228. The van der Waals surface area contributed by atoms with Gasteiger partial charge in [-0.15, -0.1) is 0 Å². The molecule has 0 aromatic heterocycles. The molecule has 478 valence electrons. The molecule has 1 fully saturated rings. The molecule has 0 saturated carbocycles. The SMILES string of the molecule is CC/C=C\C/C=C\C/C=C\C/C=C\C/C=C\CCCC(=O)OC1C(OCC(COC(=O)CCCCCCCCCCCCCCCCCCCCC)OC(=O)CCCCCCCCC/C=C\CCCCCCCC)OC(C(=O)O)C(O)C1O. The zero-order valence-electron chi connectivity index (χ0n) is 52.9. The van der Waals surface area contributed by atoms with Gasteiger partial charge in [-0.3, -0.25) is 14.4 Å². The van der Waals surface area contributed by atoms with Crippen LogP contribution in [0.5, 0.6) is 0 Å². The van der Waals surface area contributed by atoms with Gasteiger partial charge in [-0.2, -0.15) is 0 Å². The number of rotatable bonds is 58. The van der Waals surface area contributed by atoms with Crippen molar-refractivity contribution in [3.05, 3.63) is 72.9 Å². The van der Waals surface area contributed by atoms with Gasteiger partial charge < -0.3 is 39.0 Å². The average Bonchev–Trinajstić information content (AvgIpc) is 3.55. The number of hydrogen-bond donors (Lipinski definition) is 3. The third kappa shape index (κ3) is 48.0. The number of aliphatic carboxylic acids is 1. The van der Waals surface area contributed by atoms with Gasteiger partial charge in [0.25, 0.3) is 0 Å². The van der Waals surface area contributed by atoms with E-state index in [0.29, 0.717) is 25.7 Å². The number of unbranched alkanes of at least 4 members (excludes halogenated alkanes) is 32. The van der Waals surface area contributed by atoms with E-state index in [2.05, 4.69) is 81.5 Å². The first-order chi connectivity index (χ1) is 40.6. The van der Waals surface area contributed by atoms with Crippen LogP contribution in [-0.4, -0.2) is 89.2 Å². The first-order valence-corrected chi connectivity index (χ1v) is 33.9. The van der Waals surface area contributed by atoms with Gasteiger partial charge >= 0.3 is 23.9 Å². The number of carbonyl (C=O) groups excluding carboxylic acids is 3. The smallest absolute Gasteiger partial charge is 0.335 e. The third-order valence-corrected chi connectivity index (χ3v) is 15.3. The second-order valence-corrected chi connectivity index (χ2v) is 23.1. The van der Waals surface area contributed by atoms with E-state index < -0.39 is 67.3 Å². The zero-order valence-corrected chi connectivity index (χ0v) is 52.9. The highest BCUT2D eigenvalue weighted by Crippen LogP contribution is 2.27. The van der Waals surface area contributed by atoms with E-state index in [9.17, 15) is 34.5 Å². The van der Waals surface area contributed by atoms with Crippen LogP contribution in [0.1, 0.15) is 303 Å². The van der Waals surface area contributed by atoms with Crippen molar-refractivity contribution in [1.82, 2.24) is 0 Å². The number of ether oxygens (including phenoxy) is 5. The molecule has 1 aliphatic rings. The lowest BCUT2D eigenvalue weighted by Gasteiger charge is -2.40. The summed E-state index contributed by atoms with van der Waals surface area (Å²) in [5, 5.41) is 31.6. The van der Waals surface area contributed by atoms with E-state index in [1.165, 1.54) is 154 Å². The molecule has 12 heteroatoms. The zero-order chi connectivity index (χ0) is 60.3. The summed E-state index contributed by atoms with van der Waals surface area (Å²) in [5.74, 6) is -3.18. The lowest BCUT2D eigenvalue weighted by molar-refractivity contribution is -0.301. The summed E-state index contributed by atoms with van der Waals surface area (Å²) in [6.45, 7) is 5.90. The molecule has 0 radical (unpaired) electrons. The summed E-state index contributed by atoms with van der Waals surface area (Å²) in [7, 11) is 0. The maximum absolute atomic E-state index is 13.2. The molecule has 0 aromatic carbocycles. The van der Waals surface area contributed by atoms with Crippen LogP contribution < -0.4 is 0 Å². The molecule has 12 nitrogen and oxygen atoms in total. The number of esters is 3. The molecular formula is C71H122O12. The monoisotopic (exact) mass is 1170 g/mol. The largest absolute Gasteiger partial charge is 0.479 e. The van der Waals surface area contributed by atoms with Gasteiger partial charge in [0, 0.05) is 19.3 Å². The van der Waals surface area contributed by atoms with Gasteiger partial charge in [-0.05, 0) is 83.5 Å². The molecule has 0 aromatic rings.